The van der Waals surface area contributed by atoms with Crippen LogP contribution >= 0.6 is 0 Å². The second kappa shape index (κ2) is 6.74. The molecule has 9 nitrogen and oxygen atoms in total. The van der Waals surface area contributed by atoms with Crippen LogP contribution in [0.4, 0.5) is 0 Å². The Labute approximate surface area is 150 Å². The minimum absolute atomic E-state index is 0.0696. The summed E-state index contributed by atoms with van der Waals surface area (Å²) in [5, 5.41) is 12.3. The van der Waals surface area contributed by atoms with E-state index >= 15 is 0 Å². The zero-order chi connectivity index (χ0) is 18.1. The van der Waals surface area contributed by atoms with Crippen molar-refractivity contribution >= 4 is 5.91 Å². The average Bonchev–Trinajstić information content (AvgIpc) is 3.42. The molecule has 0 aromatic carbocycles. The van der Waals surface area contributed by atoms with E-state index in [-0.39, 0.29) is 17.9 Å². The summed E-state index contributed by atoms with van der Waals surface area (Å²) in [7, 11) is 0. The molecule has 3 aromatic rings. The van der Waals surface area contributed by atoms with Gasteiger partial charge >= 0.3 is 0 Å². The minimum Gasteiger partial charge on any atom is -0.459 e. The number of hydrogen-bond donors (Lipinski definition) is 0. The quantitative estimate of drug-likeness (QED) is 0.707. The number of likely N-dealkylation sites (tertiary alicyclic amines) is 1. The standard InChI is InChI=1S/C17H20N6O3/c1-11(2)15-18-16(26-20-15)13-10-23(21-19-13)12-5-7-22(8-6-12)17(24)14-4-3-9-25-14/h3-4,9-12H,5-8H2,1-2H3. The molecule has 1 fully saturated rings. The predicted octanol–water partition coefficient (Wildman–Crippen LogP) is 2.52. The Balaban J connectivity index is 1.40. The number of nitrogens with zero attached hydrogens (tertiary/aromatic N) is 6. The van der Waals surface area contributed by atoms with Crippen LogP contribution in [0, 0.1) is 0 Å². The van der Waals surface area contributed by atoms with Crippen LogP contribution in [-0.4, -0.2) is 49.0 Å². The largest absolute Gasteiger partial charge is 0.459 e. The lowest BCUT2D eigenvalue weighted by atomic mass is 10.1. The first-order valence-electron chi connectivity index (χ1n) is 8.70. The van der Waals surface area contributed by atoms with Crippen molar-refractivity contribution in [3.8, 4) is 11.6 Å². The van der Waals surface area contributed by atoms with Crippen LogP contribution < -0.4 is 0 Å². The fraction of sp³-hybridized carbons (Fsp3) is 0.471. The third kappa shape index (κ3) is 3.12. The lowest BCUT2D eigenvalue weighted by Crippen LogP contribution is -2.39. The van der Waals surface area contributed by atoms with Crippen molar-refractivity contribution in [3.63, 3.8) is 0 Å². The van der Waals surface area contributed by atoms with E-state index in [4.69, 9.17) is 8.94 Å². The average molecular weight is 356 g/mol. The van der Waals surface area contributed by atoms with Crippen molar-refractivity contribution in [2.75, 3.05) is 13.1 Å². The summed E-state index contributed by atoms with van der Waals surface area (Å²) in [5.74, 6) is 1.53. The molecule has 1 aliphatic heterocycles. The summed E-state index contributed by atoms with van der Waals surface area (Å²) >= 11 is 0. The number of aromatic nitrogens is 5. The van der Waals surface area contributed by atoms with E-state index in [0.29, 0.717) is 36.3 Å². The summed E-state index contributed by atoms with van der Waals surface area (Å²) in [5.41, 5.74) is 0.568. The Morgan fingerprint density at radius 2 is 2.12 bits per heavy atom. The molecule has 0 saturated carbocycles. The van der Waals surface area contributed by atoms with E-state index in [1.54, 1.807) is 17.0 Å². The Morgan fingerprint density at radius 3 is 2.77 bits per heavy atom. The number of carbonyl (C=O) groups is 1. The molecule has 0 radical (unpaired) electrons. The lowest BCUT2D eigenvalue weighted by Gasteiger charge is -2.31. The molecule has 0 N–H and O–H groups in total. The molecule has 1 saturated heterocycles. The molecule has 0 unspecified atom stereocenters. The maximum Gasteiger partial charge on any atom is 0.289 e. The fourth-order valence-electron chi connectivity index (χ4n) is 3.02. The van der Waals surface area contributed by atoms with Gasteiger partial charge in [-0.15, -0.1) is 5.10 Å². The van der Waals surface area contributed by atoms with E-state index in [1.165, 1.54) is 6.26 Å². The van der Waals surface area contributed by atoms with Gasteiger partial charge in [0.25, 0.3) is 11.8 Å². The number of furan rings is 1. The predicted molar refractivity (Wildman–Crippen MR) is 90.3 cm³/mol. The lowest BCUT2D eigenvalue weighted by molar-refractivity contribution is 0.0657. The monoisotopic (exact) mass is 356 g/mol. The molecule has 0 bridgehead atoms. The maximum atomic E-state index is 12.3. The third-order valence-electron chi connectivity index (χ3n) is 4.55. The summed E-state index contributed by atoms with van der Waals surface area (Å²) in [6.45, 7) is 5.31. The molecule has 136 valence electrons. The molecule has 4 rings (SSSR count). The van der Waals surface area contributed by atoms with Gasteiger partial charge in [0, 0.05) is 19.0 Å². The van der Waals surface area contributed by atoms with Gasteiger partial charge in [0.1, 0.15) is 0 Å². The Bertz CT molecular complexity index is 874. The Hall–Kier alpha value is -2.97. The fourth-order valence-corrected chi connectivity index (χ4v) is 3.02. The first-order valence-corrected chi connectivity index (χ1v) is 8.70. The third-order valence-corrected chi connectivity index (χ3v) is 4.55. The van der Waals surface area contributed by atoms with Crippen LogP contribution in [0.2, 0.25) is 0 Å². The van der Waals surface area contributed by atoms with Crippen LogP contribution in [0.1, 0.15) is 55.0 Å². The first-order chi connectivity index (χ1) is 12.6. The van der Waals surface area contributed by atoms with Gasteiger partial charge in [-0.3, -0.25) is 4.79 Å². The summed E-state index contributed by atoms with van der Waals surface area (Å²) in [4.78, 5) is 18.5. The Morgan fingerprint density at radius 1 is 1.31 bits per heavy atom. The van der Waals surface area contributed by atoms with Crippen molar-refractivity contribution < 1.29 is 13.7 Å². The molecular formula is C17H20N6O3. The molecule has 0 atom stereocenters. The molecule has 26 heavy (non-hydrogen) atoms. The highest BCUT2D eigenvalue weighted by molar-refractivity contribution is 5.91. The summed E-state index contributed by atoms with van der Waals surface area (Å²) in [6, 6.07) is 3.59. The highest BCUT2D eigenvalue weighted by atomic mass is 16.5. The van der Waals surface area contributed by atoms with Crippen molar-refractivity contribution in [2.45, 2.75) is 38.6 Å². The van der Waals surface area contributed by atoms with Crippen LogP contribution in [0.3, 0.4) is 0 Å². The molecule has 3 aromatic heterocycles. The molecule has 0 spiro atoms. The number of piperidine rings is 1. The first kappa shape index (κ1) is 16.5. The number of amides is 1. The number of rotatable bonds is 4. The SMILES string of the molecule is CC(C)c1noc(-c2cn(C3CCN(C(=O)c4ccco4)CC3)nn2)n1. The van der Waals surface area contributed by atoms with Gasteiger partial charge in [0.2, 0.25) is 0 Å². The van der Waals surface area contributed by atoms with E-state index in [9.17, 15) is 4.79 Å². The van der Waals surface area contributed by atoms with Gasteiger partial charge in [0.05, 0.1) is 18.5 Å². The van der Waals surface area contributed by atoms with E-state index in [2.05, 4.69) is 20.5 Å². The second-order valence-electron chi connectivity index (χ2n) is 6.70. The summed E-state index contributed by atoms with van der Waals surface area (Å²) < 4.78 is 12.3. The highest BCUT2D eigenvalue weighted by Crippen LogP contribution is 2.25. The van der Waals surface area contributed by atoms with Crippen LogP contribution in [0.15, 0.2) is 33.5 Å². The molecule has 1 aliphatic rings. The van der Waals surface area contributed by atoms with Crippen molar-refractivity contribution in [3.05, 3.63) is 36.2 Å². The van der Waals surface area contributed by atoms with Crippen molar-refractivity contribution in [1.29, 1.82) is 0 Å². The topological polar surface area (TPSA) is 103 Å². The zero-order valence-corrected chi connectivity index (χ0v) is 14.7. The van der Waals surface area contributed by atoms with E-state index in [1.807, 2.05) is 24.7 Å². The van der Waals surface area contributed by atoms with Gasteiger partial charge in [-0.1, -0.05) is 24.2 Å². The normalized spacial score (nSPS) is 15.7. The molecule has 4 heterocycles. The zero-order valence-electron chi connectivity index (χ0n) is 14.7. The van der Waals surface area contributed by atoms with Crippen LogP contribution in [0.5, 0.6) is 0 Å². The molecular weight excluding hydrogens is 336 g/mol. The molecule has 1 amide bonds. The molecule has 0 aliphatic carbocycles. The van der Waals surface area contributed by atoms with Gasteiger partial charge in [0.15, 0.2) is 17.3 Å². The summed E-state index contributed by atoms with van der Waals surface area (Å²) in [6.07, 6.45) is 4.94. The number of carbonyl (C=O) groups excluding carboxylic acids is 1. The van der Waals surface area contributed by atoms with Crippen LogP contribution in [0.25, 0.3) is 11.6 Å². The van der Waals surface area contributed by atoms with E-state index in [0.717, 1.165) is 12.8 Å². The molecule has 9 heteroatoms. The van der Waals surface area contributed by atoms with Gasteiger partial charge < -0.3 is 13.8 Å². The number of hydrogen-bond acceptors (Lipinski definition) is 7. The van der Waals surface area contributed by atoms with Crippen molar-refractivity contribution in [1.82, 2.24) is 30.0 Å². The Kier molecular flexibility index (Phi) is 4.27. The van der Waals surface area contributed by atoms with Gasteiger partial charge in [-0.2, -0.15) is 4.98 Å². The van der Waals surface area contributed by atoms with Crippen LogP contribution in [-0.2, 0) is 0 Å². The minimum atomic E-state index is -0.0696. The second-order valence-corrected chi connectivity index (χ2v) is 6.70. The smallest absolute Gasteiger partial charge is 0.289 e. The highest BCUT2D eigenvalue weighted by Gasteiger charge is 2.27. The van der Waals surface area contributed by atoms with Gasteiger partial charge in [-0.05, 0) is 25.0 Å². The van der Waals surface area contributed by atoms with Crippen molar-refractivity contribution in [2.24, 2.45) is 0 Å². The van der Waals surface area contributed by atoms with E-state index < -0.39 is 0 Å². The maximum absolute atomic E-state index is 12.3. The van der Waals surface area contributed by atoms with Gasteiger partial charge in [-0.25, -0.2) is 4.68 Å².